The highest BCUT2D eigenvalue weighted by Gasteiger charge is 2.61. The maximum atomic E-state index is 13.0. The minimum Gasteiger partial charge on any atom is -0.477 e. The largest absolute Gasteiger partial charge is 0.477 e. The number of oxime groups is 1. The van der Waals surface area contributed by atoms with Crippen molar-refractivity contribution >= 4 is 41.3 Å². The molecule has 66 heavy (non-hydrogen) atoms. The summed E-state index contributed by atoms with van der Waals surface area (Å²) < 4.78 is 22.1. The van der Waals surface area contributed by atoms with Crippen molar-refractivity contribution in [3.8, 4) is 0 Å². The molecule has 17 atom stereocenters. The first-order valence-corrected chi connectivity index (χ1v) is 19.8. The van der Waals surface area contributed by atoms with Crippen LogP contribution in [-0.2, 0) is 57.4 Å². The maximum Gasteiger partial charge on any atom is 0.364 e. The third-order valence-electron chi connectivity index (χ3n) is 10.2. The predicted molar refractivity (Wildman–Crippen MR) is 207 cm³/mol. The molecule has 0 aromatic carbocycles. The standard InChI is InChI=1S/C35H59N5O26/c1-12(44)37-22(16(47)6-15(31(55)56)40-62-5-4-61-36)28(54)26(52)20(10-42)63-34(32(57)58)8-18(49)24(39-14(3)46)30(66-34)27(53)21(11-43)64-35(33(59)60)7-17(48)23(38-13(2)45)29(65-35)25(51)19(50)9-41/h16-30,41-43,47-54H,4-11,36H2,1-3H3,(H,37,44)(H,38,45)(H,39,46)(H,55,56)(H,57,58)(H,59,60)/b40-15-. The first-order chi connectivity index (χ1) is 30.8. The molecule has 2 rings (SSSR count). The molecule has 0 aromatic rings. The number of aliphatic hydroxyl groups is 11. The lowest BCUT2D eigenvalue weighted by atomic mass is 9.87. The molecule has 0 aromatic heterocycles. The van der Waals surface area contributed by atoms with Crippen LogP contribution in [0.15, 0.2) is 5.16 Å². The van der Waals surface area contributed by atoms with Gasteiger partial charge in [-0.25, -0.2) is 20.3 Å². The van der Waals surface area contributed by atoms with Gasteiger partial charge in [0.2, 0.25) is 17.7 Å². The molecule has 31 nitrogen and oxygen atoms in total. The second-order valence-corrected chi connectivity index (χ2v) is 15.2. The van der Waals surface area contributed by atoms with Gasteiger partial charge in [0.25, 0.3) is 11.6 Å². The van der Waals surface area contributed by atoms with Gasteiger partial charge in [-0.1, -0.05) is 5.16 Å². The molecule has 0 aliphatic carbocycles. The van der Waals surface area contributed by atoms with Crippen molar-refractivity contribution in [2.45, 2.75) is 143 Å². The number of rotatable bonds is 27. The molecule has 2 heterocycles. The SMILES string of the molecule is CC(=O)NC(C(O)C/C(=N/OCCON)C(=O)O)C(O)C(O)C(CO)OC1(C(=O)O)CC(O)C(NC(C)=O)C(C(O)C(CO)OC2(C(=O)O)CC(O)C(NC(C)=O)C(C(O)C(O)CO)O2)O1. The summed E-state index contributed by atoms with van der Waals surface area (Å²) in [6, 6.07) is -5.66. The van der Waals surface area contributed by atoms with Gasteiger partial charge in [0.15, 0.2) is 5.71 Å². The molecule has 0 spiro atoms. The quantitative estimate of drug-likeness (QED) is 0.0206. The van der Waals surface area contributed by atoms with E-state index < -0.39 is 183 Å². The van der Waals surface area contributed by atoms with Crippen LogP contribution < -0.4 is 21.8 Å². The van der Waals surface area contributed by atoms with E-state index in [2.05, 4.69) is 25.9 Å². The predicted octanol–water partition coefficient (Wildman–Crippen LogP) is -9.99. The smallest absolute Gasteiger partial charge is 0.364 e. The first kappa shape index (κ1) is 57.7. The Morgan fingerprint density at radius 2 is 1.15 bits per heavy atom. The van der Waals surface area contributed by atoms with E-state index >= 15 is 0 Å². The van der Waals surface area contributed by atoms with Crippen LogP contribution >= 0.6 is 0 Å². The molecular formula is C35H59N5O26. The Kier molecular flexibility index (Phi) is 22.4. The third kappa shape index (κ3) is 14.8. The minimum absolute atomic E-state index is 0.248. The van der Waals surface area contributed by atoms with E-state index in [0.29, 0.717) is 0 Å². The zero-order chi connectivity index (χ0) is 50.4. The molecule has 2 fully saturated rings. The number of carboxylic acid groups (broad SMARTS) is 3. The number of hydrogen-bond donors (Lipinski definition) is 18. The van der Waals surface area contributed by atoms with Crippen LogP contribution in [0.3, 0.4) is 0 Å². The van der Waals surface area contributed by atoms with Crippen LogP contribution in [0.5, 0.6) is 0 Å². The number of aliphatic carboxylic acids is 3. The monoisotopic (exact) mass is 965 g/mol. The first-order valence-electron chi connectivity index (χ1n) is 19.8. The Morgan fingerprint density at radius 3 is 1.55 bits per heavy atom. The van der Waals surface area contributed by atoms with Gasteiger partial charge in [0.1, 0.15) is 68.1 Å². The van der Waals surface area contributed by atoms with E-state index in [1.54, 1.807) is 0 Å². The number of nitrogens with one attached hydrogen (secondary N) is 3. The Bertz CT molecular complexity index is 1680. The molecule has 3 amide bonds. The van der Waals surface area contributed by atoms with Crippen LogP contribution in [0.1, 0.15) is 40.0 Å². The zero-order valence-corrected chi connectivity index (χ0v) is 35.5. The number of carbonyl (C=O) groups excluding carboxylic acids is 3. The number of nitrogens with two attached hydrogens (primary N) is 1. The fourth-order valence-corrected chi connectivity index (χ4v) is 7.07. The van der Waals surface area contributed by atoms with E-state index in [0.717, 1.165) is 20.8 Å². The summed E-state index contributed by atoms with van der Waals surface area (Å²) in [5, 5.41) is 159. The summed E-state index contributed by atoms with van der Waals surface area (Å²) in [7, 11) is 0. The molecule has 2 aliphatic heterocycles. The average molecular weight is 966 g/mol. The van der Waals surface area contributed by atoms with Gasteiger partial charge in [-0.05, 0) is 0 Å². The minimum atomic E-state index is -3.37. The van der Waals surface area contributed by atoms with E-state index in [9.17, 15) is 100 Å². The van der Waals surface area contributed by atoms with Gasteiger partial charge < -0.3 is 116 Å². The highest BCUT2D eigenvalue weighted by Crippen LogP contribution is 2.39. The lowest BCUT2D eigenvalue weighted by Gasteiger charge is -2.50. The van der Waals surface area contributed by atoms with Gasteiger partial charge in [0.05, 0.1) is 56.3 Å². The number of carbonyl (C=O) groups is 6. The topological polar surface area (TPSA) is 515 Å². The number of aliphatic hydroxyl groups excluding tert-OH is 11. The Labute approximate surface area is 373 Å². The van der Waals surface area contributed by atoms with Crippen LogP contribution in [-0.4, -0.2) is 249 Å². The molecule has 0 bridgehead atoms. The lowest BCUT2D eigenvalue weighted by molar-refractivity contribution is -0.353. The zero-order valence-electron chi connectivity index (χ0n) is 35.5. The summed E-state index contributed by atoms with van der Waals surface area (Å²) in [5.74, 6) is -10.7. The summed E-state index contributed by atoms with van der Waals surface area (Å²) in [4.78, 5) is 83.0. The fourth-order valence-electron chi connectivity index (χ4n) is 7.07. The van der Waals surface area contributed by atoms with Crippen molar-refractivity contribution in [1.29, 1.82) is 0 Å². The van der Waals surface area contributed by atoms with Gasteiger partial charge in [-0.15, -0.1) is 0 Å². The van der Waals surface area contributed by atoms with Crippen molar-refractivity contribution in [3.05, 3.63) is 0 Å². The lowest BCUT2D eigenvalue weighted by Crippen LogP contribution is -2.71. The Hall–Kier alpha value is -4.39. The van der Waals surface area contributed by atoms with Crippen molar-refractivity contribution in [3.63, 3.8) is 0 Å². The number of amides is 3. The number of nitrogens with zero attached hydrogens (tertiary/aromatic N) is 1. The second kappa shape index (κ2) is 25.7. The molecule has 0 radical (unpaired) electrons. The van der Waals surface area contributed by atoms with Crippen molar-refractivity contribution in [2.75, 3.05) is 33.0 Å². The molecule has 17 unspecified atom stereocenters. The molecule has 19 N–H and O–H groups in total. The summed E-state index contributed by atoms with van der Waals surface area (Å²) in [5.41, 5.74) is -0.892. The molecule has 0 saturated carbocycles. The highest BCUT2D eigenvalue weighted by atomic mass is 16.8. The van der Waals surface area contributed by atoms with E-state index in [4.69, 9.17) is 29.7 Å². The van der Waals surface area contributed by atoms with Crippen molar-refractivity contribution in [1.82, 2.24) is 16.0 Å². The molecular weight excluding hydrogens is 906 g/mol. The normalized spacial score (nSPS) is 30.0. The maximum absolute atomic E-state index is 13.0. The van der Waals surface area contributed by atoms with Crippen LogP contribution in [0, 0.1) is 0 Å². The van der Waals surface area contributed by atoms with Crippen LogP contribution in [0.4, 0.5) is 0 Å². The second-order valence-electron chi connectivity index (χ2n) is 15.2. The number of ether oxygens (including phenoxy) is 4. The van der Waals surface area contributed by atoms with Gasteiger partial charge in [-0.2, -0.15) is 0 Å². The molecule has 31 heteroatoms. The van der Waals surface area contributed by atoms with Crippen molar-refractivity contribution < 1.29 is 129 Å². The van der Waals surface area contributed by atoms with Gasteiger partial charge in [-0.3, -0.25) is 14.4 Å². The van der Waals surface area contributed by atoms with E-state index in [-0.39, 0.29) is 13.2 Å². The Morgan fingerprint density at radius 1 is 0.682 bits per heavy atom. The molecule has 2 saturated heterocycles. The highest BCUT2D eigenvalue weighted by molar-refractivity contribution is 6.35. The average Bonchev–Trinajstić information content (AvgIpc) is 3.24. The molecule has 2 aliphatic rings. The van der Waals surface area contributed by atoms with Crippen LogP contribution in [0.25, 0.3) is 0 Å². The van der Waals surface area contributed by atoms with E-state index in [1.807, 2.05) is 0 Å². The number of hydrogen-bond acceptors (Lipinski definition) is 25. The van der Waals surface area contributed by atoms with E-state index in [1.165, 1.54) is 0 Å². The number of carboxylic acids is 3. The van der Waals surface area contributed by atoms with Gasteiger partial charge in [0, 0.05) is 40.0 Å². The van der Waals surface area contributed by atoms with Crippen molar-refractivity contribution in [2.24, 2.45) is 11.1 Å². The summed E-state index contributed by atoms with van der Waals surface area (Å²) in [6.07, 6.45) is -31.1. The Balaban J connectivity index is 2.61. The molecule has 380 valence electrons. The third-order valence-corrected chi connectivity index (χ3v) is 10.2. The fraction of sp³-hybridized carbons (Fsp3) is 0.800. The van der Waals surface area contributed by atoms with Crippen LogP contribution in [0.2, 0.25) is 0 Å². The summed E-state index contributed by atoms with van der Waals surface area (Å²) in [6.45, 7) is -1.92. The summed E-state index contributed by atoms with van der Waals surface area (Å²) >= 11 is 0. The van der Waals surface area contributed by atoms with Gasteiger partial charge >= 0.3 is 17.9 Å².